The molecule has 0 radical (unpaired) electrons. The highest BCUT2D eigenvalue weighted by Gasteiger charge is 2.28. The fraction of sp³-hybridized carbons (Fsp3) is 0.529. The van der Waals surface area contributed by atoms with Gasteiger partial charge in [-0.05, 0) is 25.1 Å². The van der Waals surface area contributed by atoms with Gasteiger partial charge >= 0.3 is 5.97 Å². The lowest BCUT2D eigenvalue weighted by Gasteiger charge is -2.39. The van der Waals surface area contributed by atoms with E-state index in [0.717, 1.165) is 24.1 Å². The molecule has 0 unspecified atom stereocenters. The summed E-state index contributed by atoms with van der Waals surface area (Å²) in [5.74, 6) is -0.198. The Hall–Kier alpha value is -2.48. The summed E-state index contributed by atoms with van der Waals surface area (Å²) < 4.78 is 6.37. The van der Waals surface area contributed by atoms with E-state index in [1.54, 1.807) is 10.7 Å². The number of aromatic nitrogens is 3. The molecule has 1 aromatic heterocycles. The number of aryl methyl sites for hydroxylation is 1. The van der Waals surface area contributed by atoms with Crippen LogP contribution in [0.3, 0.4) is 0 Å². The number of carbonyl (C=O) groups is 2. The summed E-state index contributed by atoms with van der Waals surface area (Å²) >= 11 is 0. The number of ether oxygens (including phenoxy) is 1. The minimum atomic E-state index is -0.205. The van der Waals surface area contributed by atoms with Crippen LogP contribution in [-0.2, 0) is 16.6 Å². The largest absolute Gasteiger partial charge is 0.469 e. The maximum absolute atomic E-state index is 12.9. The first-order valence-electron chi connectivity index (χ1n) is 8.39. The van der Waals surface area contributed by atoms with E-state index in [1.807, 2.05) is 31.0 Å². The molecule has 0 aliphatic carbocycles. The number of hydrogen-bond donors (Lipinski definition) is 0. The highest BCUT2D eigenvalue weighted by atomic mass is 16.5. The molecule has 0 bridgehead atoms. The van der Waals surface area contributed by atoms with E-state index < -0.39 is 0 Å². The number of methoxy groups -OCH3 is 1. The first kappa shape index (κ1) is 17.3. The lowest BCUT2D eigenvalue weighted by molar-refractivity contribution is -0.141. The van der Waals surface area contributed by atoms with Crippen LogP contribution >= 0.6 is 0 Å². The van der Waals surface area contributed by atoms with Crippen LogP contribution in [0.2, 0.25) is 0 Å². The van der Waals surface area contributed by atoms with Crippen LogP contribution in [-0.4, -0.2) is 76.0 Å². The molecular weight excluding hydrogens is 322 g/mol. The molecule has 0 saturated carbocycles. The Bertz CT molecular complexity index is 788. The van der Waals surface area contributed by atoms with Crippen molar-refractivity contribution in [3.05, 3.63) is 23.8 Å². The molecule has 1 saturated heterocycles. The van der Waals surface area contributed by atoms with E-state index in [1.165, 1.54) is 7.11 Å². The van der Waals surface area contributed by atoms with Crippen molar-refractivity contribution < 1.29 is 14.3 Å². The van der Waals surface area contributed by atoms with Crippen molar-refractivity contribution in [3.63, 3.8) is 0 Å². The van der Waals surface area contributed by atoms with Crippen LogP contribution < -0.4 is 0 Å². The molecule has 8 nitrogen and oxygen atoms in total. The van der Waals surface area contributed by atoms with Gasteiger partial charge in [-0.3, -0.25) is 14.5 Å². The summed E-state index contributed by atoms with van der Waals surface area (Å²) in [6.45, 7) is 4.82. The molecule has 1 aliphatic rings. The van der Waals surface area contributed by atoms with Gasteiger partial charge in [0.25, 0.3) is 5.91 Å². The molecular formula is C17H23N5O3. The predicted octanol–water partition coefficient (Wildman–Crippen LogP) is 0.678. The van der Waals surface area contributed by atoms with Gasteiger partial charge in [0.1, 0.15) is 5.52 Å². The summed E-state index contributed by atoms with van der Waals surface area (Å²) in [7, 11) is 3.22. The third-order valence-corrected chi connectivity index (χ3v) is 4.69. The Morgan fingerprint density at radius 1 is 1.32 bits per heavy atom. The average molecular weight is 345 g/mol. The van der Waals surface area contributed by atoms with E-state index in [0.29, 0.717) is 25.1 Å². The van der Waals surface area contributed by atoms with Gasteiger partial charge in [0.05, 0.1) is 19.0 Å². The van der Waals surface area contributed by atoms with Gasteiger partial charge < -0.3 is 9.64 Å². The van der Waals surface area contributed by atoms with Gasteiger partial charge in [-0.25, -0.2) is 4.68 Å². The number of amides is 1. The van der Waals surface area contributed by atoms with Crippen LogP contribution in [0, 0.1) is 0 Å². The van der Waals surface area contributed by atoms with Crippen molar-refractivity contribution in [2.75, 3.05) is 33.3 Å². The molecule has 1 aromatic carbocycles. The van der Waals surface area contributed by atoms with Crippen molar-refractivity contribution in [3.8, 4) is 0 Å². The molecule has 0 N–H and O–H groups in total. The Morgan fingerprint density at radius 2 is 2.12 bits per heavy atom. The molecule has 2 aromatic rings. The van der Waals surface area contributed by atoms with Crippen LogP contribution in [0.25, 0.3) is 11.0 Å². The highest BCUT2D eigenvalue weighted by molar-refractivity contribution is 5.97. The molecule has 2 heterocycles. The van der Waals surface area contributed by atoms with Gasteiger partial charge in [0.15, 0.2) is 0 Å². The fourth-order valence-electron chi connectivity index (χ4n) is 3.23. The van der Waals surface area contributed by atoms with Crippen LogP contribution in [0.1, 0.15) is 23.7 Å². The van der Waals surface area contributed by atoms with Gasteiger partial charge in [-0.15, -0.1) is 5.10 Å². The molecule has 1 amide bonds. The molecule has 3 rings (SSSR count). The van der Waals surface area contributed by atoms with Crippen LogP contribution in [0.5, 0.6) is 0 Å². The van der Waals surface area contributed by atoms with Gasteiger partial charge in [0, 0.05) is 44.8 Å². The standard InChI is InChI=1S/C17H23N5O3/c1-12-11-21(7-6-16(23)25-3)8-9-22(12)17(24)13-4-5-15-14(10-13)18-19-20(15)2/h4-5,10,12H,6-9,11H2,1-3H3/t12-/m1/s1. The molecule has 1 atom stereocenters. The minimum Gasteiger partial charge on any atom is -0.469 e. The molecule has 0 spiro atoms. The van der Waals surface area contributed by atoms with E-state index in [9.17, 15) is 9.59 Å². The Kier molecular flexibility index (Phi) is 4.98. The number of fused-ring (bicyclic) bond motifs is 1. The van der Waals surface area contributed by atoms with E-state index in [2.05, 4.69) is 19.9 Å². The summed E-state index contributed by atoms with van der Waals surface area (Å²) in [6, 6.07) is 5.57. The van der Waals surface area contributed by atoms with Crippen LogP contribution in [0.4, 0.5) is 0 Å². The number of esters is 1. The van der Waals surface area contributed by atoms with Crippen molar-refractivity contribution in [2.45, 2.75) is 19.4 Å². The van der Waals surface area contributed by atoms with E-state index in [4.69, 9.17) is 0 Å². The zero-order valence-corrected chi connectivity index (χ0v) is 14.8. The van der Waals surface area contributed by atoms with Gasteiger partial charge in [-0.2, -0.15) is 0 Å². The number of benzene rings is 1. The zero-order chi connectivity index (χ0) is 18.0. The monoisotopic (exact) mass is 345 g/mol. The van der Waals surface area contributed by atoms with Crippen molar-refractivity contribution in [2.24, 2.45) is 7.05 Å². The van der Waals surface area contributed by atoms with Gasteiger partial charge in [-0.1, -0.05) is 5.21 Å². The lowest BCUT2D eigenvalue weighted by Crippen LogP contribution is -2.54. The third-order valence-electron chi connectivity index (χ3n) is 4.69. The number of nitrogens with zero attached hydrogens (tertiary/aromatic N) is 5. The number of rotatable bonds is 4. The first-order valence-corrected chi connectivity index (χ1v) is 8.39. The Balaban J connectivity index is 1.65. The summed E-state index contributed by atoms with van der Waals surface area (Å²) in [4.78, 5) is 28.2. The van der Waals surface area contributed by atoms with Crippen molar-refractivity contribution in [1.29, 1.82) is 0 Å². The molecule has 1 aliphatic heterocycles. The van der Waals surface area contributed by atoms with E-state index in [-0.39, 0.29) is 17.9 Å². The maximum atomic E-state index is 12.9. The Morgan fingerprint density at radius 3 is 2.84 bits per heavy atom. The second-order valence-electron chi connectivity index (χ2n) is 6.39. The zero-order valence-electron chi connectivity index (χ0n) is 14.8. The topological polar surface area (TPSA) is 80.6 Å². The summed E-state index contributed by atoms with van der Waals surface area (Å²) in [5.41, 5.74) is 2.25. The SMILES string of the molecule is COC(=O)CCN1CCN(C(=O)c2ccc3c(c2)nnn3C)[C@H](C)C1. The van der Waals surface area contributed by atoms with E-state index >= 15 is 0 Å². The Labute approximate surface area is 146 Å². The summed E-state index contributed by atoms with van der Waals surface area (Å²) in [6.07, 6.45) is 0.376. The lowest BCUT2D eigenvalue weighted by atomic mass is 10.1. The second kappa shape index (κ2) is 7.18. The van der Waals surface area contributed by atoms with Crippen molar-refractivity contribution >= 4 is 22.9 Å². The van der Waals surface area contributed by atoms with Crippen molar-refractivity contribution in [1.82, 2.24) is 24.8 Å². The van der Waals surface area contributed by atoms with Gasteiger partial charge in [0.2, 0.25) is 0 Å². The predicted molar refractivity (Wildman–Crippen MR) is 92.1 cm³/mol. The summed E-state index contributed by atoms with van der Waals surface area (Å²) in [5, 5.41) is 8.05. The second-order valence-corrected chi connectivity index (χ2v) is 6.39. The number of hydrogen-bond acceptors (Lipinski definition) is 6. The normalized spacial score (nSPS) is 18.5. The average Bonchev–Trinajstić information content (AvgIpc) is 2.99. The number of carbonyl (C=O) groups excluding carboxylic acids is 2. The number of piperazine rings is 1. The molecule has 1 fully saturated rings. The molecule has 134 valence electrons. The fourth-order valence-corrected chi connectivity index (χ4v) is 3.23. The molecule has 8 heteroatoms. The minimum absolute atomic E-state index is 0.00710. The molecule has 25 heavy (non-hydrogen) atoms. The third kappa shape index (κ3) is 3.63. The first-order chi connectivity index (χ1) is 12.0. The maximum Gasteiger partial charge on any atom is 0.306 e. The van der Waals surface area contributed by atoms with Crippen LogP contribution in [0.15, 0.2) is 18.2 Å². The quantitative estimate of drug-likeness (QED) is 0.758. The smallest absolute Gasteiger partial charge is 0.306 e. The highest BCUT2D eigenvalue weighted by Crippen LogP contribution is 2.18.